The Hall–Kier alpha value is -2.17. The van der Waals surface area contributed by atoms with E-state index in [9.17, 15) is 14.4 Å². The molecule has 206 valence electrons. The predicted molar refractivity (Wildman–Crippen MR) is 142 cm³/mol. The van der Waals surface area contributed by atoms with Crippen molar-refractivity contribution in [3.8, 4) is 0 Å². The molecule has 5 atom stereocenters. The summed E-state index contributed by atoms with van der Waals surface area (Å²) in [5.74, 6) is -2.84. The average Bonchev–Trinajstić information content (AvgIpc) is 3.46. The first kappa shape index (κ1) is 27.4. The van der Waals surface area contributed by atoms with Gasteiger partial charge in [-0.1, -0.05) is 54.6 Å². The third-order valence-electron chi connectivity index (χ3n) is 8.34. The first-order valence-electron chi connectivity index (χ1n) is 13.0. The Kier molecular flexibility index (Phi) is 7.52. The van der Waals surface area contributed by atoms with Crippen LogP contribution < -0.4 is 10.6 Å². The van der Waals surface area contributed by atoms with Gasteiger partial charge in [-0.2, -0.15) is 0 Å². The van der Waals surface area contributed by atoms with Gasteiger partial charge in [-0.15, -0.1) is 0 Å². The number of benzene rings is 1. The Labute approximate surface area is 232 Å². The van der Waals surface area contributed by atoms with Crippen molar-refractivity contribution in [3.05, 3.63) is 40.4 Å². The van der Waals surface area contributed by atoms with Crippen molar-refractivity contribution in [1.29, 1.82) is 0 Å². The second kappa shape index (κ2) is 10.4. The topological polar surface area (TPSA) is 106 Å². The van der Waals surface area contributed by atoms with E-state index in [1.165, 1.54) is 19.1 Å². The van der Waals surface area contributed by atoms with E-state index in [2.05, 4.69) is 10.6 Å². The number of carbonyl (C=O) groups excluding carboxylic acids is 3. The van der Waals surface area contributed by atoms with Gasteiger partial charge in [0, 0.05) is 25.9 Å². The van der Waals surface area contributed by atoms with Gasteiger partial charge in [-0.25, -0.2) is 0 Å². The lowest BCUT2D eigenvalue weighted by Gasteiger charge is -2.35. The van der Waals surface area contributed by atoms with Crippen molar-refractivity contribution in [3.63, 3.8) is 0 Å². The second-order valence-electron chi connectivity index (χ2n) is 10.7. The van der Waals surface area contributed by atoms with Crippen LogP contribution in [0.2, 0.25) is 10.0 Å². The van der Waals surface area contributed by atoms with Crippen LogP contribution in [0.5, 0.6) is 0 Å². The van der Waals surface area contributed by atoms with Crippen LogP contribution in [0.1, 0.15) is 39.0 Å². The fourth-order valence-corrected chi connectivity index (χ4v) is 6.85. The minimum absolute atomic E-state index is 0.0158. The number of anilines is 1. The molecule has 3 heterocycles. The quantitative estimate of drug-likeness (QED) is 0.369. The van der Waals surface area contributed by atoms with E-state index in [-0.39, 0.29) is 24.4 Å². The number of fused-ring (bicyclic) bond motifs is 1. The number of likely N-dealkylation sites (tertiary alicyclic amines) is 1. The highest BCUT2D eigenvalue weighted by Crippen LogP contribution is 2.59. The molecule has 2 N–H and O–H groups in total. The number of methoxy groups -OCH3 is 2. The third-order valence-corrected chi connectivity index (χ3v) is 9.08. The molecule has 1 saturated carbocycles. The van der Waals surface area contributed by atoms with E-state index in [0.29, 0.717) is 15.7 Å². The molecular weight excluding hydrogens is 533 g/mol. The fraction of sp³-hybridized carbons (Fsp3) is 0.593. The van der Waals surface area contributed by atoms with Gasteiger partial charge < -0.3 is 29.7 Å². The number of ether oxygens (including phenoxy) is 3. The molecule has 2 saturated heterocycles. The van der Waals surface area contributed by atoms with Gasteiger partial charge in [0.15, 0.2) is 6.29 Å². The standard InChI is InChI=1S/C27H33Cl2N3O6/c1-26-11-12-27(38-26)21(20(26)23(33)31-16-9-10-17(28)18(29)13-16)25(35)32(14-19(36-2)37-3)22(27)24(34)30-15-7-5-4-6-8-15/h9-13,15,19-22H,4-8,14H2,1-3H3,(H,30,34)(H,31,33)/t20?,21-,22?,26-,27?/m0/s1. The summed E-state index contributed by atoms with van der Waals surface area (Å²) >= 11 is 12.2. The van der Waals surface area contributed by atoms with Crippen molar-refractivity contribution in [2.75, 3.05) is 26.1 Å². The first-order valence-corrected chi connectivity index (χ1v) is 13.7. The Balaban J connectivity index is 1.48. The van der Waals surface area contributed by atoms with Gasteiger partial charge >= 0.3 is 0 Å². The SMILES string of the molecule is COC(CN1C(=O)[C@@H]2C(C(=O)Nc3ccc(Cl)c(Cl)c3)[C@]3(C)C=CC2(O3)C1C(=O)NC1CCCCC1)OC. The zero-order valence-electron chi connectivity index (χ0n) is 21.7. The largest absolute Gasteiger partial charge is 0.356 e. The maximum atomic E-state index is 14.1. The minimum Gasteiger partial charge on any atom is -0.356 e. The summed E-state index contributed by atoms with van der Waals surface area (Å²) in [6, 6.07) is 3.84. The van der Waals surface area contributed by atoms with Crippen LogP contribution in [-0.4, -0.2) is 73.0 Å². The molecule has 4 aliphatic rings. The number of amides is 3. The maximum Gasteiger partial charge on any atom is 0.246 e. The molecule has 11 heteroatoms. The molecule has 1 aromatic rings. The molecule has 38 heavy (non-hydrogen) atoms. The summed E-state index contributed by atoms with van der Waals surface area (Å²) in [6.07, 6.45) is 7.87. The van der Waals surface area contributed by atoms with Crippen molar-refractivity contribution in [2.45, 2.75) is 68.6 Å². The monoisotopic (exact) mass is 565 g/mol. The summed E-state index contributed by atoms with van der Waals surface area (Å²) in [5, 5.41) is 6.68. The zero-order chi connectivity index (χ0) is 27.2. The molecule has 3 amide bonds. The van der Waals surface area contributed by atoms with Crippen LogP contribution >= 0.6 is 23.2 Å². The van der Waals surface area contributed by atoms with Gasteiger partial charge in [0.25, 0.3) is 0 Å². The van der Waals surface area contributed by atoms with Gasteiger partial charge in [-0.05, 0) is 38.0 Å². The smallest absolute Gasteiger partial charge is 0.246 e. The molecule has 1 aromatic carbocycles. The van der Waals surface area contributed by atoms with E-state index < -0.39 is 41.3 Å². The Morgan fingerprint density at radius 1 is 1.11 bits per heavy atom. The molecule has 3 unspecified atom stereocenters. The predicted octanol–water partition coefficient (Wildman–Crippen LogP) is 3.54. The van der Waals surface area contributed by atoms with E-state index in [1.807, 2.05) is 0 Å². The van der Waals surface area contributed by atoms with E-state index in [0.717, 1.165) is 32.1 Å². The van der Waals surface area contributed by atoms with Gasteiger partial charge in [0.2, 0.25) is 17.7 Å². The maximum absolute atomic E-state index is 14.1. The third kappa shape index (κ3) is 4.52. The van der Waals surface area contributed by atoms with Crippen LogP contribution in [0.25, 0.3) is 0 Å². The molecule has 0 radical (unpaired) electrons. The highest BCUT2D eigenvalue weighted by molar-refractivity contribution is 6.42. The number of carbonyl (C=O) groups is 3. The number of nitrogens with one attached hydrogen (secondary N) is 2. The lowest BCUT2D eigenvalue weighted by atomic mass is 9.70. The minimum atomic E-state index is -1.30. The van der Waals surface area contributed by atoms with Crippen molar-refractivity contribution >= 4 is 46.6 Å². The first-order chi connectivity index (χ1) is 18.1. The van der Waals surface area contributed by atoms with E-state index in [1.54, 1.807) is 37.3 Å². The van der Waals surface area contributed by atoms with Gasteiger partial charge in [-0.3, -0.25) is 14.4 Å². The summed E-state index contributed by atoms with van der Waals surface area (Å²) in [7, 11) is 2.95. The molecule has 2 bridgehead atoms. The summed E-state index contributed by atoms with van der Waals surface area (Å²) in [4.78, 5) is 43.1. The average molecular weight is 566 g/mol. The molecule has 9 nitrogen and oxygen atoms in total. The van der Waals surface area contributed by atoms with Crippen LogP contribution in [0.15, 0.2) is 30.4 Å². The molecule has 3 fully saturated rings. The molecule has 3 aliphatic heterocycles. The van der Waals surface area contributed by atoms with Crippen LogP contribution in [-0.2, 0) is 28.6 Å². The van der Waals surface area contributed by atoms with E-state index >= 15 is 0 Å². The van der Waals surface area contributed by atoms with Crippen molar-refractivity contribution in [2.24, 2.45) is 11.8 Å². The van der Waals surface area contributed by atoms with Crippen LogP contribution in [0.4, 0.5) is 5.69 Å². The highest BCUT2D eigenvalue weighted by Gasteiger charge is 2.76. The number of hydrogen-bond acceptors (Lipinski definition) is 6. The van der Waals surface area contributed by atoms with Crippen LogP contribution in [0.3, 0.4) is 0 Å². The molecule has 0 aromatic heterocycles. The fourth-order valence-electron chi connectivity index (χ4n) is 6.55. The molecule has 1 aliphatic carbocycles. The van der Waals surface area contributed by atoms with Crippen molar-refractivity contribution < 1.29 is 28.6 Å². The van der Waals surface area contributed by atoms with Crippen LogP contribution in [0, 0.1) is 11.8 Å². The lowest BCUT2D eigenvalue weighted by Crippen LogP contribution is -2.57. The summed E-state index contributed by atoms with van der Waals surface area (Å²) < 4.78 is 17.3. The number of hydrogen-bond donors (Lipinski definition) is 2. The van der Waals surface area contributed by atoms with E-state index in [4.69, 9.17) is 37.4 Å². The summed E-state index contributed by atoms with van der Waals surface area (Å²) in [6.45, 7) is 1.79. The molecular formula is C27H33Cl2N3O6. The highest BCUT2D eigenvalue weighted by atomic mass is 35.5. The van der Waals surface area contributed by atoms with Gasteiger partial charge in [0.1, 0.15) is 11.6 Å². The Morgan fingerprint density at radius 3 is 2.47 bits per heavy atom. The molecule has 1 spiro atoms. The lowest BCUT2D eigenvalue weighted by molar-refractivity contribution is -0.156. The second-order valence-corrected chi connectivity index (χ2v) is 11.5. The Morgan fingerprint density at radius 2 is 1.82 bits per heavy atom. The number of nitrogens with zero attached hydrogens (tertiary/aromatic N) is 1. The summed E-state index contributed by atoms with van der Waals surface area (Å²) in [5.41, 5.74) is -1.92. The number of rotatable bonds is 8. The zero-order valence-corrected chi connectivity index (χ0v) is 23.2. The van der Waals surface area contributed by atoms with Gasteiger partial charge in [0.05, 0.1) is 34.0 Å². The Bertz CT molecular complexity index is 1150. The molecule has 5 rings (SSSR count). The van der Waals surface area contributed by atoms with Crippen molar-refractivity contribution in [1.82, 2.24) is 10.2 Å². The normalized spacial score (nSPS) is 32.2. The number of halogens is 2.